The van der Waals surface area contributed by atoms with Crippen LogP contribution in [0.5, 0.6) is 11.6 Å². The van der Waals surface area contributed by atoms with Crippen molar-refractivity contribution >= 4 is 23.1 Å². The predicted octanol–water partition coefficient (Wildman–Crippen LogP) is 7.00. The molecule has 0 unspecified atom stereocenters. The monoisotopic (exact) mass is 605 g/mol. The summed E-state index contributed by atoms with van der Waals surface area (Å²) in [5.74, 6) is 1.59. The molecular weight excluding hydrogens is 571 g/mol. The Balaban J connectivity index is 1.33. The van der Waals surface area contributed by atoms with Gasteiger partial charge in [0.05, 0.1) is 28.2 Å². The number of alkyl halides is 3. The van der Waals surface area contributed by atoms with Crippen LogP contribution in [0.1, 0.15) is 30.3 Å². The van der Waals surface area contributed by atoms with Gasteiger partial charge in [0.25, 0.3) is 0 Å². The number of likely N-dealkylation sites (tertiary alicyclic amines) is 1. The van der Waals surface area contributed by atoms with Crippen molar-refractivity contribution in [3.63, 3.8) is 0 Å². The van der Waals surface area contributed by atoms with E-state index in [2.05, 4.69) is 30.5 Å². The fraction of sp³-hybridized carbons (Fsp3) is 0.312. The number of carbonyl (C=O) groups is 1. The second kappa shape index (κ2) is 12.9. The minimum atomic E-state index is -4.55. The van der Waals surface area contributed by atoms with Crippen LogP contribution in [0, 0.1) is 6.92 Å². The predicted molar refractivity (Wildman–Crippen MR) is 164 cm³/mol. The van der Waals surface area contributed by atoms with Crippen molar-refractivity contribution in [1.82, 2.24) is 19.9 Å². The summed E-state index contributed by atoms with van der Waals surface area (Å²) in [6.07, 6.45) is 0.328. The average molecular weight is 606 g/mol. The molecule has 0 saturated carbocycles. The van der Waals surface area contributed by atoms with Crippen molar-refractivity contribution in [2.24, 2.45) is 0 Å². The van der Waals surface area contributed by atoms with E-state index >= 15 is 0 Å². The molecule has 9 nitrogen and oxygen atoms in total. The zero-order valence-electron chi connectivity index (χ0n) is 24.9. The van der Waals surface area contributed by atoms with Gasteiger partial charge in [0.15, 0.2) is 0 Å². The first-order chi connectivity index (χ1) is 21.0. The topological polar surface area (TPSA) is 95.5 Å². The summed E-state index contributed by atoms with van der Waals surface area (Å²) in [5, 5.41) is 5.36. The number of hydrogen-bond acceptors (Lipinski definition) is 7. The molecule has 0 spiro atoms. The molecule has 3 heterocycles. The van der Waals surface area contributed by atoms with E-state index in [1.165, 1.54) is 6.07 Å². The van der Waals surface area contributed by atoms with Gasteiger partial charge in [0.1, 0.15) is 11.6 Å². The van der Waals surface area contributed by atoms with Crippen LogP contribution in [0.3, 0.4) is 0 Å². The second-order valence-electron chi connectivity index (χ2n) is 10.8. The number of amides is 2. The van der Waals surface area contributed by atoms with Crippen LogP contribution in [0.25, 0.3) is 11.3 Å². The van der Waals surface area contributed by atoms with Crippen molar-refractivity contribution in [3.05, 3.63) is 83.9 Å². The SMILES string of the molecule is CCc1nccc(-c2cccnc2Oc2ccc(NC(=O)Nc3cc(C(F)(F)F)ccc3N(C)[C@H]3CCN(C)C3)cc2C)n1. The van der Waals surface area contributed by atoms with Crippen LogP contribution in [0.4, 0.5) is 35.0 Å². The maximum atomic E-state index is 13.6. The largest absolute Gasteiger partial charge is 0.438 e. The highest BCUT2D eigenvalue weighted by atomic mass is 19.4. The Morgan fingerprint density at radius 2 is 1.91 bits per heavy atom. The number of anilines is 3. The summed E-state index contributed by atoms with van der Waals surface area (Å²) in [6, 6.07) is 13.4. The number of rotatable bonds is 8. The van der Waals surface area contributed by atoms with E-state index < -0.39 is 17.8 Å². The number of aryl methyl sites for hydroxylation is 2. The minimum absolute atomic E-state index is 0.0738. The van der Waals surface area contributed by atoms with E-state index in [0.29, 0.717) is 52.1 Å². The molecule has 5 rings (SSSR count). The first-order valence-electron chi connectivity index (χ1n) is 14.3. The summed E-state index contributed by atoms with van der Waals surface area (Å²) in [7, 11) is 3.83. The van der Waals surface area contributed by atoms with E-state index in [4.69, 9.17) is 4.74 Å². The summed E-state index contributed by atoms with van der Waals surface area (Å²) in [6.45, 7) is 5.46. The molecule has 2 aromatic heterocycles. The normalized spacial score (nSPS) is 15.2. The molecule has 44 heavy (non-hydrogen) atoms. The highest BCUT2D eigenvalue weighted by molar-refractivity contribution is 6.02. The number of halogens is 3. The molecule has 4 aromatic rings. The Hall–Kier alpha value is -4.71. The smallest absolute Gasteiger partial charge is 0.416 e. The molecule has 1 fully saturated rings. The molecule has 0 radical (unpaired) electrons. The Morgan fingerprint density at radius 3 is 2.61 bits per heavy atom. The van der Waals surface area contributed by atoms with Crippen LogP contribution in [0.15, 0.2) is 67.0 Å². The number of nitrogens with one attached hydrogen (secondary N) is 2. The van der Waals surface area contributed by atoms with E-state index in [1.54, 1.807) is 42.7 Å². The molecule has 2 aromatic carbocycles. The van der Waals surface area contributed by atoms with Gasteiger partial charge in [-0.3, -0.25) is 0 Å². The van der Waals surface area contributed by atoms with Crippen LogP contribution >= 0.6 is 0 Å². The Kier molecular flexibility index (Phi) is 9.00. The maximum absolute atomic E-state index is 13.6. The highest BCUT2D eigenvalue weighted by Crippen LogP contribution is 2.37. The van der Waals surface area contributed by atoms with Crippen LogP contribution < -0.4 is 20.3 Å². The second-order valence-corrected chi connectivity index (χ2v) is 10.8. The van der Waals surface area contributed by atoms with E-state index in [0.717, 1.165) is 31.6 Å². The molecule has 0 aliphatic carbocycles. The fourth-order valence-electron chi connectivity index (χ4n) is 5.16. The number of carbonyl (C=O) groups excluding carboxylic acids is 1. The Morgan fingerprint density at radius 1 is 1.09 bits per heavy atom. The van der Waals surface area contributed by atoms with E-state index in [9.17, 15) is 18.0 Å². The first-order valence-corrected chi connectivity index (χ1v) is 14.3. The number of aromatic nitrogens is 3. The number of urea groups is 1. The van der Waals surface area contributed by atoms with Crippen LogP contribution in [-0.4, -0.2) is 59.1 Å². The molecule has 1 aliphatic rings. The molecule has 1 aliphatic heterocycles. The Labute approximate surface area is 254 Å². The van der Waals surface area contributed by atoms with Crippen molar-refractivity contribution < 1.29 is 22.7 Å². The Bertz CT molecular complexity index is 1650. The summed E-state index contributed by atoms with van der Waals surface area (Å²) >= 11 is 0. The third-order valence-corrected chi connectivity index (χ3v) is 7.57. The van der Waals surface area contributed by atoms with Crippen molar-refractivity contribution in [3.8, 4) is 22.9 Å². The van der Waals surface area contributed by atoms with Crippen molar-refractivity contribution in [2.75, 3.05) is 42.7 Å². The van der Waals surface area contributed by atoms with Gasteiger partial charge in [-0.1, -0.05) is 6.92 Å². The molecule has 0 bridgehead atoms. The van der Waals surface area contributed by atoms with Crippen molar-refractivity contribution in [2.45, 2.75) is 38.9 Å². The molecule has 1 atom stereocenters. The number of hydrogen-bond donors (Lipinski definition) is 2. The number of benzene rings is 2. The number of ether oxygens (including phenoxy) is 1. The standard InChI is InChI=1S/C32H34F3N7O2/c1-5-29-36-15-12-25(39-29)24-7-6-14-37-30(24)44-28-11-9-22(17-20(28)2)38-31(43)40-26-18-21(32(33,34)35)8-10-27(26)42(4)23-13-16-41(3)19-23/h6-12,14-15,17-18,23H,5,13,16,19H2,1-4H3,(H2,38,40,43)/t23-/m0/s1. The zero-order valence-corrected chi connectivity index (χ0v) is 24.9. The lowest BCUT2D eigenvalue weighted by Gasteiger charge is -2.29. The lowest BCUT2D eigenvalue weighted by Crippen LogP contribution is -2.34. The molecule has 230 valence electrons. The van der Waals surface area contributed by atoms with Gasteiger partial charge in [0.2, 0.25) is 5.88 Å². The quantitative estimate of drug-likeness (QED) is 0.223. The average Bonchev–Trinajstić information content (AvgIpc) is 3.44. The number of pyridine rings is 1. The minimum Gasteiger partial charge on any atom is -0.438 e. The lowest BCUT2D eigenvalue weighted by atomic mass is 10.1. The first kappa shape index (κ1) is 30.7. The maximum Gasteiger partial charge on any atom is 0.416 e. The summed E-state index contributed by atoms with van der Waals surface area (Å²) in [4.78, 5) is 30.4. The number of likely N-dealkylation sites (N-methyl/N-ethyl adjacent to an activating group) is 2. The molecule has 2 N–H and O–H groups in total. The van der Waals surface area contributed by atoms with Gasteiger partial charge >= 0.3 is 12.2 Å². The van der Waals surface area contributed by atoms with Gasteiger partial charge in [0, 0.05) is 44.1 Å². The number of nitrogens with zero attached hydrogens (tertiary/aromatic N) is 5. The molecular formula is C32H34F3N7O2. The third kappa shape index (κ3) is 7.08. The summed E-state index contributed by atoms with van der Waals surface area (Å²) < 4.78 is 46.8. The van der Waals surface area contributed by atoms with Crippen LogP contribution in [0.2, 0.25) is 0 Å². The van der Waals surface area contributed by atoms with Crippen molar-refractivity contribution in [1.29, 1.82) is 0 Å². The van der Waals surface area contributed by atoms with Gasteiger partial charge in [-0.2, -0.15) is 13.2 Å². The summed E-state index contributed by atoms with van der Waals surface area (Å²) in [5.41, 5.74) is 2.29. The molecule has 1 saturated heterocycles. The highest BCUT2D eigenvalue weighted by Gasteiger charge is 2.32. The molecule has 12 heteroatoms. The third-order valence-electron chi connectivity index (χ3n) is 7.57. The van der Waals surface area contributed by atoms with Gasteiger partial charge in [-0.25, -0.2) is 19.7 Å². The van der Waals surface area contributed by atoms with Gasteiger partial charge in [-0.05, 0) is 87.1 Å². The lowest BCUT2D eigenvalue weighted by molar-refractivity contribution is -0.137. The van der Waals surface area contributed by atoms with E-state index in [-0.39, 0.29) is 11.7 Å². The van der Waals surface area contributed by atoms with Crippen LogP contribution in [-0.2, 0) is 12.6 Å². The molecule has 2 amide bonds. The van der Waals surface area contributed by atoms with E-state index in [1.807, 2.05) is 38.9 Å². The van der Waals surface area contributed by atoms with Gasteiger partial charge in [-0.15, -0.1) is 0 Å². The van der Waals surface area contributed by atoms with Gasteiger partial charge < -0.3 is 25.2 Å². The fourth-order valence-corrected chi connectivity index (χ4v) is 5.16. The zero-order chi connectivity index (χ0) is 31.4.